The zero-order chi connectivity index (χ0) is 12.1. The molecular weight excluding hydrogens is 226 g/mol. The molecule has 0 aliphatic heterocycles. The smallest absolute Gasteiger partial charge is 0.230 e. The maximum absolute atomic E-state index is 5.34. The fraction of sp³-hybridized carbons (Fsp3) is 0.286. The Bertz CT molecular complexity index is 712. The molecule has 1 aliphatic carbocycles. The van der Waals surface area contributed by atoms with E-state index in [1.165, 1.54) is 11.8 Å². The Labute approximate surface area is 104 Å². The van der Waals surface area contributed by atoms with Gasteiger partial charge in [-0.15, -0.1) is 0 Å². The van der Waals surface area contributed by atoms with Crippen LogP contribution >= 0.6 is 0 Å². The SMILES string of the molecule is CC1CC1c1nc(-c2ccc3[nH]ccc3c2)no1. The Hall–Kier alpha value is -2.10. The van der Waals surface area contributed by atoms with Gasteiger partial charge in [-0.3, -0.25) is 0 Å². The number of rotatable bonds is 2. The highest BCUT2D eigenvalue weighted by atomic mass is 16.5. The van der Waals surface area contributed by atoms with Crippen LogP contribution in [0.25, 0.3) is 22.3 Å². The number of hydrogen-bond donors (Lipinski definition) is 1. The molecule has 18 heavy (non-hydrogen) atoms. The zero-order valence-corrected chi connectivity index (χ0v) is 10.1. The molecule has 0 radical (unpaired) electrons. The van der Waals surface area contributed by atoms with Gasteiger partial charge in [-0.1, -0.05) is 12.1 Å². The highest BCUT2D eigenvalue weighted by molar-refractivity contribution is 5.83. The van der Waals surface area contributed by atoms with Crippen molar-refractivity contribution in [1.82, 2.24) is 15.1 Å². The van der Waals surface area contributed by atoms with E-state index in [1.54, 1.807) is 0 Å². The van der Waals surface area contributed by atoms with Crippen LogP contribution in [-0.4, -0.2) is 15.1 Å². The molecule has 2 atom stereocenters. The van der Waals surface area contributed by atoms with E-state index in [4.69, 9.17) is 4.52 Å². The summed E-state index contributed by atoms with van der Waals surface area (Å²) in [6.45, 7) is 2.21. The van der Waals surface area contributed by atoms with E-state index < -0.39 is 0 Å². The number of benzene rings is 1. The first-order chi connectivity index (χ1) is 8.81. The summed E-state index contributed by atoms with van der Waals surface area (Å²) in [4.78, 5) is 7.67. The average Bonchev–Trinajstić information content (AvgIpc) is 2.88. The van der Waals surface area contributed by atoms with Crippen LogP contribution in [0.4, 0.5) is 0 Å². The van der Waals surface area contributed by atoms with E-state index in [2.05, 4.69) is 28.1 Å². The standard InChI is InChI=1S/C14H13N3O/c1-8-6-11(8)14-16-13(17-18-14)10-2-3-12-9(7-10)4-5-15-12/h2-5,7-8,11,15H,6H2,1H3. The lowest BCUT2D eigenvalue weighted by Gasteiger charge is -1.94. The molecular formula is C14H13N3O. The van der Waals surface area contributed by atoms with Gasteiger partial charge in [-0.2, -0.15) is 4.98 Å². The molecule has 3 aromatic rings. The van der Waals surface area contributed by atoms with Gasteiger partial charge in [-0.25, -0.2) is 0 Å². The van der Waals surface area contributed by atoms with Crippen molar-refractivity contribution < 1.29 is 4.52 Å². The highest BCUT2D eigenvalue weighted by Gasteiger charge is 2.38. The summed E-state index contributed by atoms with van der Waals surface area (Å²) in [5.74, 6) is 2.63. The Morgan fingerprint density at radius 1 is 1.33 bits per heavy atom. The normalized spacial score (nSPS) is 22.5. The minimum Gasteiger partial charge on any atom is -0.361 e. The second-order valence-electron chi connectivity index (χ2n) is 5.06. The topological polar surface area (TPSA) is 54.7 Å². The van der Waals surface area contributed by atoms with Crippen LogP contribution in [0.5, 0.6) is 0 Å². The van der Waals surface area contributed by atoms with Crippen LogP contribution in [0.3, 0.4) is 0 Å². The third-order valence-electron chi connectivity index (χ3n) is 3.68. The lowest BCUT2D eigenvalue weighted by Crippen LogP contribution is -1.83. The molecule has 1 N–H and O–H groups in total. The Kier molecular flexibility index (Phi) is 1.89. The molecule has 0 bridgehead atoms. The predicted octanol–water partition coefficient (Wildman–Crippen LogP) is 3.34. The molecule has 0 spiro atoms. The van der Waals surface area contributed by atoms with Crippen molar-refractivity contribution in [3.63, 3.8) is 0 Å². The fourth-order valence-electron chi connectivity index (χ4n) is 2.36. The van der Waals surface area contributed by atoms with E-state index in [-0.39, 0.29) is 0 Å². The second-order valence-corrected chi connectivity index (χ2v) is 5.06. The van der Waals surface area contributed by atoms with Crippen LogP contribution in [0.1, 0.15) is 25.2 Å². The summed E-state index contributed by atoms with van der Waals surface area (Å²) in [5, 5.41) is 5.24. The average molecular weight is 239 g/mol. The van der Waals surface area contributed by atoms with Gasteiger partial charge in [0.05, 0.1) is 0 Å². The number of H-pyrrole nitrogens is 1. The van der Waals surface area contributed by atoms with Crippen molar-refractivity contribution in [2.75, 3.05) is 0 Å². The molecule has 4 nitrogen and oxygen atoms in total. The van der Waals surface area contributed by atoms with Gasteiger partial charge >= 0.3 is 0 Å². The third kappa shape index (κ3) is 1.45. The van der Waals surface area contributed by atoms with Gasteiger partial charge in [0, 0.05) is 28.6 Å². The molecule has 90 valence electrons. The predicted molar refractivity (Wildman–Crippen MR) is 68.1 cm³/mol. The summed E-state index contributed by atoms with van der Waals surface area (Å²) in [7, 11) is 0. The summed E-state index contributed by atoms with van der Waals surface area (Å²) in [6, 6.07) is 8.18. The van der Waals surface area contributed by atoms with Crippen molar-refractivity contribution in [1.29, 1.82) is 0 Å². The zero-order valence-electron chi connectivity index (χ0n) is 10.1. The second kappa shape index (κ2) is 3.45. The summed E-state index contributed by atoms with van der Waals surface area (Å²) >= 11 is 0. The van der Waals surface area contributed by atoms with Crippen LogP contribution in [0, 0.1) is 5.92 Å². The quantitative estimate of drug-likeness (QED) is 0.746. The van der Waals surface area contributed by atoms with Crippen molar-refractivity contribution in [2.45, 2.75) is 19.3 Å². The summed E-state index contributed by atoms with van der Waals surface area (Å²) in [5.41, 5.74) is 2.13. The first kappa shape index (κ1) is 9.88. The van der Waals surface area contributed by atoms with Crippen molar-refractivity contribution in [2.24, 2.45) is 5.92 Å². The largest absolute Gasteiger partial charge is 0.361 e. The molecule has 4 rings (SSSR count). The first-order valence-corrected chi connectivity index (χ1v) is 6.22. The van der Waals surface area contributed by atoms with Crippen LogP contribution in [-0.2, 0) is 0 Å². The van der Waals surface area contributed by atoms with E-state index in [0.29, 0.717) is 17.7 Å². The van der Waals surface area contributed by atoms with Crippen molar-refractivity contribution >= 4 is 10.9 Å². The summed E-state index contributed by atoms with van der Waals surface area (Å²) < 4.78 is 5.34. The molecule has 1 fully saturated rings. The van der Waals surface area contributed by atoms with E-state index in [0.717, 1.165) is 17.0 Å². The van der Waals surface area contributed by atoms with Crippen molar-refractivity contribution in [3.05, 3.63) is 36.4 Å². The van der Waals surface area contributed by atoms with Crippen LogP contribution in [0.15, 0.2) is 35.0 Å². The van der Waals surface area contributed by atoms with Gasteiger partial charge in [0.25, 0.3) is 0 Å². The molecule has 4 heteroatoms. The molecule has 1 saturated carbocycles. The lowest BCUT2D eigenvalue weighted by atomic mass is 10.1. The molecule has 1 aliphatic rings. The maximum atomic E-state index is 5.34. The molecule has 0 saturated heterocycles. The Balaban J connectivity index is 1.74. The maximum Gasteiger partial charge on any atom is 0.230 e. The minimum absolute atomic E-state index is 0.474. The monoisotopic (exact) mass is 239 g/mol. The first-order valence-electron chi connectivity index (χ1n) is 6.22. The third-order valence-corrected chi connectivity index (χ3v) is 3.68. The minimum atomic E-state index is 0.474. The number of aromatic nitrogens is 3. The number of aromatic amines is 1. The van der Waals surface area contributed by atoms with E-state index in [9.17, 15) is 0 Å². The number of nitrogens with one attached hydrogen (secondary N) is 1. The molecule has 2 unspecified atom stereocenters. The van der Waals surface area contributed by atoms with Crippen LogP contribution < -0.4 is 0 Å². The van der Waals surface area contributed by atoms with Crippen molar-refractivity contribution in [3.8, 4) is 11.4 Å². The van der Waals surface area contributed by atoms with E-state index in [1.807, 2.05) is 24.4 Å². The fourth-order valence-corrected chi connectivity index (χ4v) is 2.36. The van der Waals surface area contributed by atoms with Crippen LogP contribution in [0.2, 0.25) is 0 Å². The number of nitrogens with zero attached hydrogens (tertiary/aromatic N) is 2. The highest BCUT2D eigenvalue weighted by Crippen LogP contribution is 2.46. The van der Waals surface area contributed by atoms with Gasteiger partial charge in [-0.05, 0) is 36.6 Å². The molecule has 1 aromatic carbocycles. The number of fused-ring (bicyclic) bond motifs is 1. The van der Waals surface area contributed by atoms with Gasteiger partial charge in [0.2, 0.25) is 11.7 Å². The number of hydrogen-bond acceptors (Lipinski definition) is 3. The Morgan fingerprint density at radius 2 is 2.22 bits per heavy atom. The van der Waals surface area contributed by atoms with Gasteiger partial charge in [0.1, 0.15) is 0 Å². The molecule has 2 heterocycles. The molecule has 2 aromatic heterocycles. The van der Waals surface area contributed by atoms with Gasteiger partial charge in [0.15, 0.2) is 0 Å². The Morgan fingerprint density at radius 3 is 3.06 bits per heavy atom. The molecule has 0 amide bonds. The van der Waals surface area contributed by atoms with Gasteiger partial charge < -0.3 is 9.51 Å². The summed E-state index contributed by atoms with van der Waals surface area (Å²) in [6.07, 6.45) is 3.10. The lowest BCUT2D eigenvalue weighted by molar-refractivity contribution is 0.377. The van der Waals surface area contributed by atoms with E-state index >= 15 is 0 Å².